The molecule has 3 rings (SSSR count). The molecule has 0 aromatic heterocycles. The molecule has 3 nitrogen and oxygen atoms in total. The molecule has 0 aliphatic carbocycles. The fraction of sp³-hybridized carbons (Fsp3) is 0.231. The maximum Gasteiger partial charge on any atom is 0.424 e. The average Bonchev–Trinajstić information content (AvgIpc) is 2.74. The van der Waals surface area contributed by atoms with Gasteiger partial charge in [0.05, 0.1) is 0 Å². The summed E-state index contributed by atoms with van der Waals surface area (Å²) >= 11 is 0. The molecule has 0 unspecified atom stereocenters. The van der Waals surface area contributed by atoms with E-state index in [1.807, 2.05) is 31.3 Å². The molecule has 88 valence electrons. The van der Waals surface area contributed by atoms with Crippen molar-refractivity contribution in [1.82, 2.24) is 5.23 Å². The van der Waals surface area contributed by atoms with Gasteiger partial charge in [0.15, 0.2) is 0 Å². The van der Waals surface area contributed by atoms with E-state index in [0.717, 1.165) is 17.8 Å². The summed E-state index contributed by atoms with van der Waals surface area (Å²) in [5.74, 6) is 1.67. The summed E-state index contributed by atoms with van der Waals surface area (Å²) in [6.07, 6.45) is 0.807. The largest absolute Gasteiger partial charge is 0.668 e. The normalized spacial score (nSPS) is 16.4. The molecule has 0 radical (unpaired) electrons. The Balaban J connectivity index is 2.11. The Kier molecular flexibility index (Phi) is 2.26. The molecule has 2 aromatic carbocycles. The van der Waals surface area contributed by atoms with Crippen LogP contribution in [-0.4, -0.2) is 13.7 Å². The maximum atomic E-state index is 5.93. The van der Waals surface area contributed by atoms with Gasteiger partial charge in [-0.25, -0.2) is 0 Å². The Labute approximate surface area is 101 Å². The average molecular weight is 228 g/mol. The zero-order chi connectivity index (χ0) is 11.9. The Bertz CT molecular complexity index is 520. The SMILES string of the molecule is CC[B-]1(NC)Oc2cc3ccccc3cc2O1. The first-order valence-electron chi connectivity index (χ1n) is 6.02. The number of fused-ring (bicyclic) bond motifs is 2. The first kappa shape index (κ1) is 10.5. The zero-order valence-corrected chi connectivity index (χ0v) is 10.1. The molecule has 1 heterocycles. The predicted molar refractivity (Wildman–Crippen MR) is 70.5 cm³/mol. The van der Waals surface area contributed by atoms with Crippen molar-refractivity contribution < 1.29 is 9.31 Å². The van der Waals surface area contributed by atoms with Gasteiger partial charge in [-0.1, -0.05) is 37.5 Å². The number of nitrogens with one attached hydrogen (secondary N) is 1. The van der Waals surface area contributed by atoms with Gasteiger partial charge >= 0.3 is 6.69 Å². The van der Waals surface area contributed by atoms with Gasteiger partial charge in [0.1, 0.15) is 11.5 Å². The standard InChI is InChI=1S/C13H15BNO2/c1-3-14(15-2)16-12-8-10-6-4-5-7-11(10)9-13(12)17-14/h4-9,15H,3H2,1-2H3/q-1. The third-order valence-corrected chi connectivity index (χ3v) is 3.42. The minimum atomic E-state index is -1.40. The minimum Gasteiger partial charge on any atom is -0.668 e. The molecule has 17 heavy (non-hydrogen) atoms. The van der Waals surface area contributed by atoms with Gasteiger partial charge in [0.25, 0.3) is 0 Å². The van der Waals surface area contributed by atoms with Crippen LogP contribution < -0.4 is 14.5 Å². The van der Waals surface area contributed by atoms with Crippen molar-refractivity contribution >= 4 is 17.5 Å². The smallest absolute Gasteiger partial charge is 0.424 e. The van der Waals surface area contributed by atoms with Crippen LogP contribution in [-0.2, 0) is 0 Å². The molecule has 4 heteroatoms. The third kappa shape index (κ3) is 1.56. The summed E-state index contributed by atoms with van der Waals surface area (Å²) < 4.78 is 11.9. The highest BCUT2D eigenvalue weighted by atomic mass is 16.7. The van der Waals surface area contributed by atoms with Gasteiger partial charge in [-0.15, -0.1) is 0 Å². The second-order valence-electron chi connectivity index (χ2n) is 4.45. The van der Waals surface area contributed by atoms with Gasteiger partial charge in [0, 0.05) is 0 Å². The van der Waals surface area contributed by atoms with Gasteiger partial charge in [0.2, 0.25) is 0 Å². The Morgan fingerprint density at radius 2 is 1.59 bits per heavy atom. The summed E-state index contributed by atoms with van der Waals surface area (Å²) in [7, 11) is 1.87. The maximum absolute atomic E-state index is 5.93. The van der Waals surface area contributed by atoms with Crippen LogP contribution in [0.4, 0.5) is 0 Å². The summed E-state index contributed by atoms with van der Waals surface area (Å²) in [6.45, 7) is 0.663. The zero-order valence-electron chi connectivity index (χ0n) is 10.1. The summed E-state index contributed by atoms with van der Waals surface area (Å²) in [5, 5.41) is 5.50. The van der Waals surface area contributed by atoms with E-state index in [1.54, 1.807) is 0 Å². The highest BCUT2D eigenvalue weighted by molar-refractivity contribution is 6.67. The quantitative estimate of drug-likeness (QED) is 0.801. The van der Waals surface area contributed by atoms with E-state index >= 15 is 0 Å². The summed E-state index contributed by atoms with van der Waals surface area (Å²) in [5.41, 5.74) is 0. The summed E-state index contributed by atoms with van der Waals surface area (Å²) in [6, 6.07) is 12.3. The van der Waals surface area contributed by atoms with E-state index in [-0.39, 0.29) is 0 Å². The van der Waals surface area contributed by atoms with E-state index < -0.39 is 6.69 Å². The van der Waals surface area contributed by atoms with Crippen molar-refractivity contribution in [3.05, 3.63) is 36.4 Å². The molecule has 2 aromatic rings. The lowest BCUT2D eigenvalue weighted by molar-refractivity contribution is 0.433. The lowest BCUT2D eigenvalue weighted by Crippen LogP contribution is -2.56. The molecule has 0 bridgehead atoms. The fourth-order valence-corrected chi connectivity index (χ4v) is 2.31. The second kappa shape index (κ2) is 3.67. The lowest BCUT2D eigenvalue weighted by atomic mass is 9.69. The first-order chi connectivity index (χ1) is 8.26. The van der Waals surface area contributed by atoms with Crippen molar-refractivity contribution in [3.63, 3.8) is 0 Å². The van der Waals surface area contributed by atoms with Crippen LogP contribution in [0.1, 0.15) is 6.92 Å². The van der Waals surface area contributed by atoms with E-state index in [1.165, 1.54) is 10.8 Å². The van der Waals surface area contributed by atoms with E-state index in [0.29, 0.717) is 0 Å². The molecular formula is C13H15BNO2-. The molecule has 0 spiro atoms. The number of hydrogen-bond acceptors (Lipinski definition) is 3. The molecule has 0 atom stereocenters. The van der Waals surface area contributed by atoms with Crippen LogP contribution in [0.3, 0.4) is 0 Å². The lowest BCUT2D eigenvalue weighted by Gasteiger charge is -2.33. The highest BCUT2D eigenvalue weighted by Crippen LogP contribution is 2.40. The van der Waals surface area contributed by atoms with Crippen LogP contribution in [0.15, 0.2) is 36.4 Å². The van der Waals surface area contributed by atoms with Gasteiger partial charge in [-0.05, 0) is 30.0 Å². The molecular weight excluding hydrogens is 213 g/mol. The van der Waals surface area contributed by atoms with Crippen molar-refractivity contribution in [2.45, 2.75) is 13.2 Å². The van der Waals surface area contributed by atoms with Crippen LogP contribution >= 0.6 is 0 Å². The van der Waals surface area contributed by atoms with E-state index in [4.69, 9.17) is 9.31 Å². The Morgan fingerprint density at radius 1 is 1.06 bits per heavy atom. The highest BCUT2D eigenvalue weighted by Gasteiger charge is 2.34. The molecule has 0 saturated carbocycles. The molecule has 1 N–H and O–H groups in total. The van der Waals surface area contributed by atoms with Crippen LogP contribution in [0.25, 0.3) is 10.8 Å². The molecule has 1 aliphatic heterocycles. The first-order valence-corrected chi connectivity index (χ1v) is 6.02. The van der Waals surface area contributed by atoms with Gasteiger partial charge in [-0.3, -0.25) is 0 Å². The topological polar surface area (TPSA) is 30.5 Å². The fourth-order valence-electron chi connectivity index (χ4n) is 2.31. The molecule has 0 saturated heterocycles. The predicted octanol–water partition coefficient (Wildman–Crippen LogP) is 2.79. The number of benzene rings is 2. The third-order valence-electron chi connectivity index (χ3n) is 3.42. The monoisotopic (exact) mass is 228 g/mol. The van der Waals surface area contributed by atoms with Crippen molar-refractivity contribution in [2.75, 3.05) is 7.05 Å². The van der Waals surface area contributed by atoms with Crippen molar-refractivity contribution in [3.8, 4) is 11.5 Å². The second-order valence-corrected chi connectivity index (χ2v) is 4.45. The molecule has 1 aliphatic rings. The molecule has 0 amide bonds. The van der Waals surface area contributed by atoms with Gasteiger partial charge in [-0.2, -0.15) is 0 Å². The van der Waals surface area contributed by atoms with Crippen molar-refractivity contribution in [2.24, 2.45) is 0 Å². The minimum absolute atomic E-state index is 0.807. The number of rotatable bonds is 2. The van der Waals surface area contributed by atoms with Crippen molar-refractivity contribution in [1.29, 1.82) is 0 Å². The summed E-state index contributed by atoms with van der Waals surface area (Å²) in [4.78, 5) is 0. The Morgan fingerprint density at radius 3 is 2.00 bits per heavy atom. The van der Waals surface area contributed by atoms with E-state index in [9.17, 15) is 0 Å². The molecule has 0 fully saturated rings. The van der Waals surface area contributed by atoms with Crippen LogP contribution in [0.2, 0.25) is 6.32 Å². The van der Waals surface area contributed by atoms with Crippen LogP contribution in [0, 0.1) is 0 Å². The van der Waals surface area contributed by atoms with Crippen LogP contribution in [0.5, 0.6) is 11.5 Å². The number of hydrogen-bond donors (Lipinski definition) is 1. The Hall–Kier alpha value is -1.68. The van der Waals surface area contributed by atoms with E-state index in [2.05, 4.69) is 24.3 Å². The van der Waals surface area contributed by atoms with Gasteiger partial charge < -0.3 is 14.5 Å².